The zero-order chi connectivity index (χ0) is 12.0. The van der Waals surface area contributed by atoms with Crippen molar-refractivity contribution in [1.82, 2.24) is 4.90 Å². The SMILES string of the molecule is C[C@@H]1C(=O)N(C)C(=O)[C@H](C(=O)O)C1(C)C. The van der Waals surface area contributed by atoms with Crippen LogP contribution in [-0.4, -0.2) is 34.8 Å². The van der Waals surface area contributed by atoms with Gasteiger partial charge in [0.15, 0.2) is 0 Å². The van der Waals surface area contributed by atoms with Gasteiger partial charge in [-0.3, -0.25) is 19.3 Å². The van der Waals surface area contributed by atoms with Gasteiger partial charge < -0.3 is 5.11 Å². The molecule has 0 aromatic rings. The molecular weight excluding hydrogens is 198 g/mol. The van der Waals surface area contributed by atoms with Gasteiger partial charge in [-0.15, -0.1) is 0 Å². The highest BCUT2D eigenvalue weighted by molar-refractivity contribution is 6.08. The first-order valence-corrected chi connectivity index (χ1v) is 4.75. The summed E-state index contributed by atoms with van der Waals surface area (Å²) in [7, 11) is 1.33. The second-order valence-electron chi connectivity index (χ2n) is 4.55. The molecule has 0 aromatic carbocycles. The van der Waals surface area contributed by atoms with Crippen LogP contribution in [0.2, 0.25) is 0 Å². The fraction of sp³-hybridized carbons (Fsp3) is 0.700. The van der Waals surface area contributed by atoms with Gasteiger partial charge in [0.25, 0.3) is 0 Å². The van der Waals surface area contributed by atoms with Gasteiger partial charge in [0.2, 0.25) is 11.8 Å². The third-order valence-electron chi connectivity index (χ3n) is 3.39. The number of rotatable bonds is 1. The Morgan fingerprint density at radius 1 is 1.33 bits per heavy atom. The summed E-state index contributed by atoms with van der Waals surface area (Å²) in [5.41, 5.74) is -0.841. The number of aliphatic carboxylic acids is 1. The first kappa shape index (κ1) is 11.7. The Morgan fingerprint density at radius 2 is 1.80 bits per heavy atom. The van der Waals surface area contributed by atoms with Crippen molar-refractivity contribution in [3.05, 3.63) is 0 Å². The van der Waals surface area contributed by atoms with E-state index >= 15 is 0 Å². The maximum Gasteiger partial charge on any atom is 0.316 e. The number of amides is 2. The number of hydrogen-bond acceptors (Lipinski definition) is 3. The van der Waals surface area contributed by atoms with Gasteiger partial charge in [-0.05, 0) is 5.41 Å². The number of likely N-dealkylation sites (tertiary alicyclic amines) is 1. The van der Waals surface area contributed by atoms with Crippen molar-refractivity contribution >= 4 is 17.8 Å². The highest BCUT2D eigenvalue weighted by atomic mass is 16.4. The summed E-state index contributed by atoms with van der Waals surface area (Å²) in [5, 5.41) is 9.01. The number of piperidine rings is 1. The minimum atomic E-state index is -1.17. The summed E-state index contributed by atoms with van der Waals surface area (Å²) < 4.78 is 0. The maximum absolute atomic E-state index is 11.7. The first-order chi connectivity index (χ1) is 6.71. The minimum Gasteiger partial charge on any atom is -0.481 e. The van der Waals surface area contributed by atoms with E-state index < -0.39 is 29.1 Å². The van der Waals surface area contributed by atoms with E-state index in [2.05, 4.69) is 0 Å². The number of carboxylic acids is 1. The van der Waals surface area contributed by atoms with Crippen molar-refractivity contribution in [2.45, 2.75) is 20.8 Å². The maximum atomic E-state index is 11.7. The van der Waals surface area contributed by atoms with Gasteiger partial charge in [-0.2, -0.15) is 0 Å². The van der Waals surface area contributed by atoms with Crippen LogP contribution >= 0.6 is 0 Å². The fourth-order valence-electron chi connectivity index (χ4n) is 1.90. The summed E-state index contributed by atoms with van der Waals surface area (Å²) in [6.45, 7) is 4.93. The predicted octanol–water partition coefficient (Wildman–Crippen LogP) is 0.348. The number of carbonyl (C=O) groups is 3. The van der Waals surface area contributed by atoms with Crippen LogP contribution in [0.1, 0.15) is 20.8 Å². The Bertz CT molecular complexity index is 334. The fourth-order valence-corrected chi connectivity index (χ4v) is 1.90. The molecule has 1 N–H and O–H groups in total. The third kappa shape index (κ3) is 1.52. The minimum absolute atomic E-state index is 0.317. The molecule has 0 bridgehead atoms. The molecule has 1 saturated heterocycles. The topological polar surface area (TPSA) is 74.7 Å². The zero-order valence-electron chi connectivity index (χ0n) is 9.27. The average Bonchev–Trinajstić information content (AvgIpc) is 2.11. The van der Waals surface area contributed by atoms with E-state index in [1.54, 1.807) is 20.8 Å². The summed E-state index contributed by atoms with van der Waals surface area (Å²) in [5.74, 6) is -3.73. The number of imide groups is 1. The lowest BCUT2D eigenvalue weighted by molar-refractivity contribution is -0.170. The van der Waals surface area contributed by atoms with Gasteiger partial charge in [0.05, 0.1) is 0 Å². The monoisotopic (exact) mass is 213 g/mol. The normalized spacial score (nSPS) is 30.5. The van der Waals surface area contributed by atoms with E-state index in [1.165, 1.54) is 7.05 Å². The lowest BCUT2D eigenvalue weighted by Crippen LogP contribution is -2.58. The van der Waals surface area contributed by atoms with Gasteiger partial charge in [-0.1, -0.05) is 20.8 Å². The lowest BCUT2D eigenvalue weighted by atomic mass is 9.66. The third-order valence-corrected chi connectivity index (χ3v) is 3.39. The van der Waals surface area contributed by atoms with Crippen LogP contribution in [0.25, 0.3) is 0 Å². The molecule has 0 unspecified atom stereocenters. The standard InChI is InChI=1S/C10H15NO4/c1-5-7(12)11(4)8(13)6(9(14)15)10(5,2)3/h5-6H,1-4H3,(H,14,15)/t5-,6-/m1/s1. The molecule has 5 heteroatoms. The Labute approximate surface area is 88.1 Å². The summed E-state index contributed by atoms with van der Waals surface area (Å²) in [6, 6.07) is 0. The van der Waals surface area contributed by atoms with Crippen LogP contribution < -0.4 is 0 Å². The summed E-state index contributed by atoms with van der Waals surface area (Å²) >= 11 is 0. The van der Waals surface area contributed by atoms with Crippen LogP contribution in [-0.2, 0) is 14.4 Å². The van der Waals surface area contributed by atoms with Crippen LogP contribution in [0, 0.1) is 17.3 Å². The largest absolute Gasteiger partial charge is 0.481 e. The summed E-state index contributed by atoms with van der Waals surface area (Å²) in [4.78, 5) is 35.2. The molecule has 1 rings (SSSR count). The Balaban J connectivity index is 3.22. The van der Waals surface area contributed by atoms with Crippen LogP contribution in [0.5, 0.6) is 0 Å². The van der Waals surface area contributed by atoms with E-state index in [0.717, 1.165) is 4.90 Å². The molecule has 2 amide bonds. The second-order valence-corrected chi connectivity index (χ2v) is 4.55. The Kier molecular flexibility index (Phi) is 2.59. The predicted molar refractivity (Wildman–Crippen MR) is 51.8 cm³/mol. The van der Waals surface area contributed by atoms with Gasteiger partial charge in [-0.25, -0.2) is 0 Å². The van der Waals surface area contributed by atoms with Crippen molar-refractivity contribution < 1.29 is 19.5 Å². The van der Waals surface area contributed by atoms with Crippen molar-refractivity contribution in [3.63, 3.8) is 0 Å². The van der Waals surface area contributed by atoms with Crippen molar-refractivity contribution in [1.29, 1.82) is 0 Å². The highest BCUT2D eigenvalue weighted by Crippen LogP contribution is 2.41. The molecule has 0 aliphatic carbocycles. The van der Waals surface area contributed by atoms with E-state index in [9.17, 15) is 14.4 Å². The molecule has 2 atom stereocenters. The van der Waals surface area contributed by atoms with Gasteiger partial charge >= 0.3 is 5.97 Å². The van der Waals surface area contributed by atoms with Crippen LogP contribution in [0.4, 0.5) is 0 Å². The lowest BCUT2D eigenvalue weighted by Gasteiger charge is -2.42. The van der Waals surface area contributed by atoms with Crippen molar-refractivity contribution in [2.24, 2.45) is 17.3 Å². The van der Waals surface area contributed by atoms with E-state index in [0.29, 0.717) is 0 Å². The number of nitrogens with zero attached hydrogens (tertiary/aromatic N) is 1. The molecule has 1 aliphatic heterocycles. The number of hydrogen-bond donors (Lipinski definition) is 1. The highest BCUT2D eigenvalue weighted by Gasteiger charge is 2.53. The molecule has 1 heterocycles. The molecule has 0 spiro atoms. The molecule has 1 fully saturated rings. The average molecular weight is 213 g/mol. The molecule has 1 aliphatic rings. The molecule has 15 heavy (non-hydrogen) atoms. The zero-order valence-corrected chi connectivity index (χ0v) is 9.27. The molecule has 0 radical (unpaired) electrons. The Hall–Kier alpha value is -1.39. The molecule has 0 saturated carbocycles. The summed E-state index contributed by atoms with van der Waals surface area (Å²) in [6.07, 6.45) is 0. The smallest absolute Gasteiger partial charge is 0.316 e. The molecule has 84 valence electrons. The van der Waals surface area contributed by atoms with Crippen LogP contribution in [0.15, 0.2) is 0 Å². The molecule has 5 nitrogen and oxygen atoms in total. The molecular formula is C10H15NO4. The number of carboxylic acid groups (broad SMARTS) is 1. The van der Waals surface area contributed by atoms with Gasteiger partial charge in [0.1, 0.15) is 5.92 Å². The molecule has 0 aromatic heterocycles. The van der Waals surface area contributed by atoms with Gasteiger partial charge in [0, 0.05) is 13.0 Å². The van der Waals surface area contributed by atoms with Crippen molar-refractivity contribution in [3.8, 4) is 0 Å². The van der Waals surface area contributed by atoms with E-state index in [4.69, 9.17) is 5.11 Å². The first-order valence-electron chi connectivity index (χ1n) is 4.75. The van der Waals surface area contributed by atoms with E-state index in [1.807, 2.05) is 0 Å². The quantitative estimate of drug-likeness (QED) is 0.503. The Morgan fingerprint density at radius 3 is 2.20 bits per heavy atom. The van der Waals surface area contributed by atoms with E-state index in [-0.39, 0.29) is 5.91 Å². The van der Waals surface area contributed by atoms with Crippen LogP contribution in [0.3, 0.4) is 0 Å². The van der Waals surface area contributed by atoms with Crippen molar-refractivity contribution in [2.75, 3.05) is 7.05 Å². The number of carbonyl (C=O) groups excluding carboxylic acids is 2. The second kappa shape index (κ2) is 3.32.